The molecule has 1 saturated heterocycles. The number of anilines is 1. The number of benzene rings is 1. The Morgan fingerprint density at radius 1 is 1.11 bits per heavy atom. The lowest BCUT2D eigenvalue weighted by molar-refractivity contribution is 0.185. The van der Waals surface area contributed by atoms with E-state index in [9.17, 15) is 10.1 Å². The first-order chi connectivity index (χ1) is 17.4. The molecule has 0 radical (unpaired) electrons. The Labute approximate surface area is 215 Å². The summed E-state index contributed by atoms with van der Waals surface area (Å²) in [7, 11) is 1.73. The Kier molecular flexibility index (Phi) is 6.48. The summed E-state index contributed by atoms with van der Waals surface area (Å²) in [4.78, 5) is 26.7. The molecule has 1 unspecified atom stereocenters. The highest BCUT2D eigenvalue weighted by Crippen LogP contribution is 2.33. The Balaban J connectivity index is 1.52. The second-order valence-electron chi connectivity index (χ2n) is 9.35. The summed E-state index contributed by atoms with van der Waals surface area (Å²) < 4.78 is 1.58. The molecule has 1 fully saturated rings. The van der Waals surface area contributed by atoms with Crippen molar-refractivity contribution in [2.24, 2.45) is 7.05 Å². The zero-order valence-electron chi connectivity index (χ0n) is 20.5. The van der Waals surface area contributed by atoms with E-state index < -0.39 is 0 Å². The maximum absolute atomic E-state index is 12.8. The molecule has 0 spiro atoms. The Morgan fingerprint density at radius 2 is 1.89 bits per heavy atom. The van der Waals surface area contributed by atoms with Crippen LogP contribution in [0.1, 0.15) is 35.5 Å². The van der Waals surface area contributed by atoms with Gasteiger partial charge in [0.15, 0.2) is 0 Å². The maximum Gasteiger partial charge on any atom is 0.252 e. The topological polar surface area (TPSA) is 78.0 Å². The summed E-state index contributed by atoms with van der Waals surface area (Å²) in [5.74, 6) is 0. The molecule has 5 rings (SSSR count). The predicted octanol–water partition coefficient (Wildman–Crippen LogP) is 4.46. The van der Waals surface area contributed by atoms with Crippen LogP contribution in [0, 0.1) is 18.3 Å². The SMILES string of the molecule is Cc1ccnc(C(c2ccc(Cl)cc2)N2CCN(c3cc(=O)n(C)c4ccc(C#N)nc34)[C@@H](C)C2)c1. The van der Waals surface area contributed by atoms with Gasteiger partial charge in [-0.2, -0.15) is 5.26 Å². The van der Waals surface area contributed by atoms with Crippen molar-refractivity contribution in [3.63, 3.8) is 0 Å². The van der Waals surface area contributed by atoms with E-state index in [4.69, 9.17) is 16.6 Å². The molecule has 0 N–H and O–H groups in total. The average molecular weight is 499 g/mol. The van der Waals surface area contributed by atoms with Crippen molar-refractivity contribution < 1.29 is 0 Å². The molecule has 1 aliphatic rings. The number of piperazine rings is 1. The second kappa shape index (κ2) is 9.73. The van der Waals surface area contributed by atoms with Gasteiger partial charge in [-0.05, 0) is 61.4 Å². The largest absolute Gasteiger partial charge is 0.364 e. The van der Waals surface area contributed by atoms with Gasteiger partial charge in [-0.3, -0.25) is 14.7 Å². The van der Waals surface area contributed by atoms with Crippen molar-refractivity contribution in [3.8, 4) is 6.07 Å². The molecule has 4 heterocycles. The van der Waals surface area contributed by atoms with E-state index in [2.05, 4.69) is 52.9 Å². The minimum Gasteiger partial charge on any atom is -0.364 e. The third-order valence-corrected chi connectivity index (χ3v) is 7.17. The number of aryl methyl sites for hydroxylation is 2. The number of hydrogen-bond donors (Lipinski definition) is 0. The number of halogens is 1. The van der Waals surface area contributed by atoms with E-state index in [1.54, 1.807) is 29.8 Å². The van der Waals surface area contributed by atoms with Crippen molar-refractivity contribution >= 4 is 28.3 Å². The lowest BCUT2D eigenvalue weighted by Crippen LogP contribution is -2.53. The minimum atomic E-state index is -0.0957. The van der Waals surface area contributed by atoms with Gasteiger partial charge in [0.1, 0.15) is 17.3 Å². The van der Waals surface area contributed by atoms with Gasteiger partial charge in [0, 0.05) is 50.0 Å². The highest BCUT2D eigenvalue weighted by Gasteiger charge is 2.32. The van der Waals surface area contributed by atoms with Crippen LogP contribution in [-0.2, 0) is 7.05 Å². The van der Waals surface area contributed by atoms with E-state index >= 15 is 0 Å². The quantitative estimate of drug-likeness (QED) is 0.413. The van der Waals surface area contributed by atoms with Crippen molar-refractivity contribution in [3.05, 3.63) is 98.7 Å². The highest BCUT2D eigenvalue weighted by atomic mass is 35.5. The molecule has 8 heteroatoms. The van der Waals surface area contributed by atoms with Crippen LogP contribution >= 0.6 is 11.6 Å². The molecule has 1 aliphatic heterocycles. The monoisotopic (exact) mass is 498 g/mol. The van der Waals surface area contributed by atoms with Crippen molar-refractivity contribution in [2.45, 2.75) is 25.9 Å². The summed E-state index contributed by atoms with van der Waals surface area (Å²) in [6.45, 7) is 6.47. The van der Waals surface area contributed by atoms with Gasteiger partial charge in [0.25, 0.3) is 5.56 Å². The number of nitrogens with zero attached hydrogens (tertiary/aromatic N) is 6. The molecule has 1 aromatic carbocycles. The predicted molar refractivity (Wildman–Crippen MR) is 142 cm³/mol. The number of rotatable bonds is 4. The number of pyridine rings is 3. The van der Waals surface area contributed by atoms with Gasteiger partial charge in [0.2, 0.25) is 0 Å². The zero-order chi connectivity index (χ0) is 25.4. The Bertz CT molecular complexity index is 1520. The maximum atomic E-state index is 12.8. The highest BCUT2D eigenvalue weighted by molar-refractivity contribution is 6.30. The summed E-state index contributed by atoms with van der Waals surface area (Å²) >= 11 is 6.19. The second-order valence-corrected chi connectivity index (χ2v) is 9.79. The van der Waals surface area contributed by atoms with E-state index in [0.29, 0.717) is 28.3 Å². The molecular formula is C28H27ClN6O. The average Bonchev–Trinajstić information content (AvgIpc) is 2.87. The van der Waals surface area contributed by atoms with Gasteiger partial charge >= 0.3 is 0 Å². The molecule has 36 heavy (non-hydrogen) atoms. The number of hydrogen-bond acceptors (Lipinski definition) is 6. The first-order valence-corrected chi connectivity index (χ1v) is 12.3. The third kappa shape index (κ3) is 4.46. The van der Waals surface area contributed by atoms with Crippen molar-refractivity contribution in [2.75, 3.05) is 24.5 Å². The van der Waals surface area contributed by atoms with Crippen LogP contribution < -0.4 is 10.5 Å². The van der Waals surface area contributed by atoms with E-state index in [1.165, 1.54) is 0 Å². The fraction of sp³-hybridized carbons (Fsp3) is 0.286. The van der Waals surface area contributed by atoms with Gasteiger partial charge in [-0.25, -0.2) is 4.98 Å². The van der Waals surface area contributed by atoms with Gasteiger partial charge < -0.3 is 9.47 Å². The smallest absolute Gasteiger partial charge is 0.252 e. The molecule has 0 bridgehead atoms. The first kappa shape index (κ1) is 24.0. The molecule has 0 saturated carbocycles. The zero-order valence-corrected chi connectivity index (χ0v) is 21.3. The molecule has 7 nitrogen and oxygen atoms in total. The first-order valence-electron chi connectivity index (χ1n) is 12.0. The van der Waals surface area contributed by atoms with E-state index in [0.717, 1.165) is 35.6 Å². The fourth-order valence-corrected chi connectivity index (χ4v) is 5.22. The van der Waals surface area contributed by atoms with Crippen LogP contribution in [-0.4, -0.2) is 45.1 Å². The summed E-state index contributed by atoms with van der Waals surface area (Å²) in [5.41, 5.74) is 5.70. The van der Waals surface area contributed by atoms with E-state index in [-0.39, 0.29) is 17.6 Å². The summed E-state index contributed by atoms with van der Waals surface area (Å²) in [6.07, 6.45) is 1.86. The normalized spacial score (nSPS) is 17.2. The summed E-state index contributed by atoms with van der Waals surface area (Å²) in [6, 6.07) is 19.4. The minimum absolute atomic E-state index is 0.0181. The molecular weight excluding hydrogens is 472 g/mol. The lowest BCUT2D eigenvalue weighted by Gasteiger charge is -2.44. The third-order valence-electron chi connectivity index (χ3n) is 6.92. The molecule has 4 aromatic rings. The van der Waals surface area contributed by atoms with Gasteiger partial charge in [-0.1, -0.05) is 23.7 Å². The molecule has 0 aliphatic carbocycles. The van der Waals surface area contributed by atoms with Crippen LogP contribution in [0.5, 0.6) is 0 Å². The van der Waals surface area contributed by atoms with Crippen LogP contribution in [0.2, 0.25) is 5.02 Å². The van der Waals surface area contributed by atoms with Crippen LogP contribution in [0.25, 0.3) is 11.0 Å². The van der Waals surface area contributed by atoms with Crippen molar-refractivity contribution in [1.82, 2.24) is 19.4 Å². The fourth-order valence-electron chi connectivity index (χ4n) is 5.09. The van der Waals surface area contributed by atoms with Crippen molar-refractivity contribution in [1.29, 1.82) is 5.26 Å². The molecule has 3 aromatic heterocycles. The van der Waals surface area contributed by atoms with Crippen LogP contribution in [0.15, 0.2) is 65.6 Å². The summed E-state index contributed by atoms with van der Waals surface area (Å²) in [5, 5.41) is 10.1. The number of aromatic nitrogens is 3. The standard InChI is InChI=1S/C28H27ClN6O/c1-18-10-11-31-23(14-18)28(20-4-6-21(29)7-5-20)34-12-13-35(19(2)17-34)25-15-26(36)33(3)24-9-8-22(16-30)32-27(24)25/h4-11,14-15,19,28H,12-13,17H2,1-3H3/t19-,28?/m0/s1. The number of nitriles is 1. The number of fused-ring (bicyclic) bond motifs is 1. The van der Waals surface area contributed by atoms with Gasteiger partial charge in [0.05, 0.1) is 22.9 Å². The van der Waals surface area contributed by atoms with Gasteiger partial charge in [-0.15, -0.1) is 0 Å². The van der Waals surface area contributed by atoms with E-state index in [1.807, 2.05) is 24.4 Å². The van der Waals surface area contributed by atoms with Crippen LogP contribution in [0.3, 0.4) is 0 Å². The Hall–Kier alpha value is -3.73. The molecule has 2 atom stereocenters. The lowest BCUT2D eigenvalue weighted by atomic mass is 9.98. The molecule has 182 valence electrons. The van der Waals surface area contributed by atoms with Crippen LogP contribution in [0.4, 0.5) is 5.69 Å². The Morgan fingerprint density at radius 3 is 2.58 bits per heavy atom. The molecule has 0 amide bonds.